The van der Waals surface area contributed by atoms with E-state index in [9.17, 15) is 10.0 Å². The molecule has 0 aromatic heterocycles. The van der Waals surface area contributed by atoms with Crippen molar-refractivity contribution in [3.8, 4) is 0 Å². The number of nitroso groups, excluding NO2 is 1. The van der Waals surface area contributed by atoms with E-state index >= 15 is 0 Å². The Balaban J connectivity index is 0.00000127. The van der Waals surface area contributed by atoms with E-state index in [-0.39, 0.29) is 5.54 Å². The Morgan fingerprint density at radius 3 is 2.44 bits per heavy atom. The van der Waals surface area contributed by atoms with Gasteiger partial charge in [-0.05, 0) is 86.1 Å². The third-order valence-corrected chi connectivity index (χ3v) is 6.73. The van der Waals surface area contributed by atoms with Gasteiger partial charge in [-0.3, -0.25) is 0 Å². The van der Waals surface area contributed by atoms with Crippen molar-refractivity contribution in [2.24, 2.45) is 5.18 Å². The smallest absolute Gasteiger partial charge is 0.122 e. The van der Waals surface area contributed by atoms with Crippen molar-refractivity contribution in [2.45, 2.75) is 85.4 Å². The molecule has 0 amide bonds. The number of fused-ring (bicyclic) bond motifs is 1. The zero-order chi connectivity index (χ0) is 29.1. The highest BCUT2D eigenvalue weighted by molar-refractivity contribution is 5.74. The van der Waals surface area contributed by atoms with Crippen molar-refractivity contribution < 1.29 is 5.11 Å². The Labute approximate surface area is 235 Å². The SMILES string of the molecule is CC.CC.Cc1ccc2c(c1)N[C@@](C)(/C=C/c1cccc([C@@H](O)CCc3ccccc3C(C)(C)N=O)c1)C=C2. The van der Waals surface area contributed by atoms with Gasteiger partial charge in [-0.15, -0.1) is 4.91 Å². The lowest BCUT2D eigenvalue weighted by Gasteiger charge is -2.30. The standard InChI is InChI=1S/C31H34N2O2.2C2H6/c1-22-12-13-25-17-19-31(4,32-28(25)20-22)18-16-23-8-7-10-26(21-23)29(34)15-14-24-9-5-6-11-27(24)30(2,3)33-35;2*1-2/h5-13,16-21,29,32,34H,14-15H2,1-4H3;2*1-2H3/b18-16+;;/t29-,31-;;/m0../s1. The molecule has 0 radical (unpaired) electrons. The fraction of sp³-hybridized carbons (Fsp3) is 0.371. The quantitative estimate of drug-likeness (QED) is 0.287. The Bertz CT molecular complexity index is 1280. The Morgan fingerprint density at radius 1 is 1.00 bits per heavy atom. The van der Waals surface area contributed by atoms with Crippen molar-refractivity contribution in [3.05, 3.63) is 117 Å². The number of anilines is 1. The number of benzene rings is 3. The number of hydrogen-bond donors (Lipinski definition) is 2. The summed E-state index contributed by atoms with van der Waals surface area (Å²) in [7, 11) is 0. The summed E-state index contributed by atoms with van der Waals surface area (Å²) < 4.78 is 0. The van der Waals surface area contributed by atoms with Gasteiger partial charge in [0.25, 0.3) is 0 Å². The van der Waals surface area contributed by atoms with Crippen LogP contribution in [0, 0.1) is 11.8 Å². The van der Waals surface area contributed by atoms with Gasteiger partial charge < -0.3 is 10.4 Å². The molecule has 1 aliphatic heterocycles. The van der Waals surface area contributed by atoms with Crippen molar-refractivity contribution >= 4 is 17.8 Å². The highest BCUT2D eigenvalue weighted by Gasteiger charge is 2.24. The van der Waals surface area contributed by atoms with Gasteiger partial charge in [0.1, 0.15) is 5.54 Å². The molecule has 3 aromatic carbocycles. The Kier molecular flexibility index (Phi) is 11.9. The lowest BCUT2D eigenvalue weighted by Crippen LogP contribution is -2.32. The molecular weight excluding hydrogens is 480 g/mol. The second-order valence-electron chi connectivity index (χ2n) is 10.2. The van der Waals surface area contributed by atoms with E-state index in [1.807, 2.05) is 90.1 Å². The first-order valence-electron chi connectivity index (χ1n) is 14.2. The van der Waals surface area contributed by atoms with Gasteiger partial charge in [0, 0.05) is 5.69 Å². The number of nitrogens with one attached hydrogen (secondary N) is 1. The monoisotopic (exact) mass is 526 g/mol. The summed E-state index contributed by atoms with van der Waals surface area (Å²) in [6.45, 7) is 15.9. The first-order valence-corrected chi connectivity index (χ1v) is 14.2. The van der Waals surface area contributed by atoms with Gasteiger partial charge in [0.15, 0.2) is 0 Å². The van der Waals surface area contributed by atoms with E-state index in [0.717, 1.165) is 27.9 Å². The highest BCUT2D eigenvalue weighted by atomic mass is 16.3. The number of aliphatic hydroxyl groups excluding tert-OH is 1. The minimum Gasteiger partial charge on any atom is -0.388 e. The van der Waals surface area contributed by atoms with Crippen LogP contribution in [0.25, 0.3) is 12.2 Å². The van der Waals surface area contributed by atoms with E-state index < -0.39 is 11.6 Å². The number of aliphatic hydroxyl groups is 1. The van der Waals surface area contributed by atoms with Crippen molar-refractivity contribution in [2.75, 3.05) is 5.32 Å². The summed E-state index contributed by atoms with van der Waals surface area (Å²) in [5.41, 5.74) is 6.37. The maximum Gasteiger partial charge on any atom is 0.122 e. The summed E-state index contributed by atoms with van der Waals surface area (Å²) >= 11 is 0. The molecule has 3 aromatic rings. The molecule has 0 bridgehead atoms. The number of aryl methyl sites for hydroxylation is 2. The fourth-order valence-corrected chi connectivity index (χ4v) is 4.60. The molecule has 0 saturated carbocycles. The molecule has 0 saturated heterocycles. The van der Waals surface area contributed by atoms with Gasteiger partial charge >= 0.3 is 0 Å². The maximum absolute atomic E-state index is 11.3. The van der Waals surface area contributed by atoms with Gasteiger partial charge in [0.2, 0.25) is 0 Å². The van der Waals surface area contributed by atoms with Gasteiger partial charge in [-0.1, -0.05) is 112 Å². The van der Waals surface area contributed by atoms with Gasteiger partial charge in [-0.25, -0.2) is 0 Å². The highest BCUT2D eigenvalue weighted by Crippen LogP contribution is 2.32. The molecule has 2 atom stereocenters. The Morgan fingerprint density at radius 2 is 1.72 bits per heavy atom. The molecule has 39 heavy (non-hydrogen) atoms. The van der Waals surface area contributed by atoms with Crippen LogP contribution in [0.2, 0.25) is 0 Å². The van der Waals surface area contributed by atoms with Crippen molar-refractivity contribution in [3.63, 3.8) is 0 Å². The molecule has 4 heteroatoms. The first-order chi connectivity index (χ1) is 18.7. The second-order valence-corrected chi connectivity index (χ2v) is 10.2. The van der Waals surface area contributed by atoms with Crippen LogP contribution in [0.1, 0.15) is 94.4 Å². The lowest BCUT2D eigenvalue weighted by molar-refractivity contribution is 0.167. The molecule has 1 heterocycles. The minimum absolute atomic E-state index is 0.293. The van der Waals surface area contributed by atoms with E-state index in [0.29, 0.717) is 12.8 Å². The van der Waals surface area contributed by atoms with Crippen LogP contribution >= 0.6 is 0 Å². The molecule has 1 aliphatic rings. The molecule has 4 nitrogen and oxygen atoms in total. The second kappa shape index (κ2) is 14.6. The summed E-state index contributed by atoms with van der Waals surface area (Å²) in [6, 6.07) is 22.3. The van der Waals surface area contributed by atoms with Crippen LogP contribution in [-0.2, 0) is 12.0 Å². The Hall–Kier alpha value is -3.50. The van der Waals surface area contributed by atoms with Crippen molar-refractivity contribution in [1.82, 2.24) is 0 Å². The molecule has 0 aliphatic carbocycles. The van der Waals surface area contributed by atoms with Crippen LogP contribution in [0.3, 0.4) is 0 Å². The number of nitrogens with zero attached hydrogens (tertiary/aromatic N) is 1. The van der Waals surface area contributed by atoms with Gasteiger partial charge in [-0.2, -0.15) is 0 Å². The topological polar surface area (TPSA) is 61.7 Å². The zero-order valence-electron chi connectivity index (χ0n) is 25.0. The fourth-order valence-electron chi connectivity index (χ4n) is 4.60. The first kappa shape index (κ1) is 31.7. The zero-order valence-corrected chi connectivity index (χ0v) is 25.0. The summed E-state index contributed by atoms with van der Waals surface area (Å²) in [5.74, 6) is 0. The summed E-state index contributed by atoms with van der Waals surface area (Å²) in [6.07, 6.45) is 9.23. The summed E-state index contributed by atoms with van der Waals surface area (Å²) in [5, 5.41) is 17.9. The van der Waals surface area contributed by atoms with Crippen LogP contribution < -0.4 is 5.32 Å². The van der Waals surface area contributed by atoms with Crippen molar-refractivity contribution in [1.29, 1.82) is 0 Å². The molecule has 0 unspecified atom stereocenters. The average molecular weight is 527 g/mol. The third-order valence-electron chi connectivity index (χ3n) is 6.73. The average Bonchev–Trinajstić information content (AvgIpc) is 2.97. The molecule has 208 valence electrons. The van der Waals surface area contributed by atoms with Crippen LogP contribution in [-0.4, -0.2) is 10.6 Å². The molecule has 0 fully saturated rings. The molecular formula is C35H46N2O2. The maximum atomic E-state index is 11.3. The lowest BCUT2D eigenvalue weighted by atomic mass is 9.88. The van der Waals surface area contributed by atoms with Crippen LogP contribution in [0.5, 0.6) is 0 Å². The summed E-state index contributed by atoms with van der Waals surface area (Å²) in [4.78, 5) is 11.3. The molecule has 4 rings (SSSR count). The number of hydrogen-bond acceptors (Lipinski definition) is 4. The predicted octanol–water partition coefficient (Wildman–Crippen LogP) is 9.63. The normalized spacial score (nSPS) is 16.6. The van der Waals surface area contributed by atoms with E-state index in [1.165, 1.54) is 11.1 Å². The van der Waals surface area contributed by atoms with Crippen LogP contribution in [0.4, 0.5) is 5.69 Å². The van der Waals surface area contributed by atoms with E-state index in [1.54, 1.807) is 0 Å². The molecule has 0 spiro atoms. The molecule has 2 N–H and O–H groups in total. The van der Waals surface area contributed by atoms with Gasteiger partial charge in [0.05, 0.1) is 11.6 Å². The largest absolute Gasteiger partial charge is 0.388 e. The number of rotatable bonds is 8. The van der Waals surface area contributed by atoms with E-state index in [4.69, 9.17) is 0 Å². The predicted molar refractivity (Wildman–Crippen MR) is 169 cm³/mol. The third kappa shape index (κ3) is 8.49. The minimum atomic E-state index is -0.789. The van der Waals surface area contributed by atoms with Crippen LogP contribution in [0.15, 0.2) is 84.1 Å². The van der Waals surface area contributed by atoms with E-state index in [2.05, 4.69) is 66.8 Å².